The molecule has 0 aromatic carbocycles. The molecule has 35 heavy (non-hydrogen) atoms. The first-order valence-corrected chi connectivity index (χ1v) is 12.0. The molecule has 0 saturated carbocycles. The summed E-state index contributed by atoms with van der Waals surface area (Å²) in [6, 6.07) is 8.58. The van der Waals surface area contributed by atoms with Crippen LogP contribution in [0.4, 0.5) is 0 Å². The third kappa shape index (κ3) is 3.58. The normalized spacial score (nSPS) is 19.3. The predicted molar refractivity (Wildman–Crippen MR) is 134 cm³/mol. The zero-order chi connectivity index (χ0) is 24.8. The van der Waals surface area contributed by atoms with E-state index in [1.165, 1.54) is 0 Å². The van der Waals surface area contributed by atoms with Gasteiger partial charge in [0.15, 0.2) is 0 Å². The monoisotopic (exact) mass is 519 g/mol. The Morgan fingerprint density at radius 1 is 0.543 bits per heavy atom. The fourth-order valence-electron chi connectivity index (χ4n) is 5.30. The van der Waals surface area contributed by atoms with Gasteiger partial charge in [-0.2, -0.15) is 11.4 Å². The molecule has 1 aliphatic rings. The van der Waals surface area contributed by atoms with Gasteiger partial charge in [-0.3, -0.25) is 0 Å². The van der Waals surface area contributed by atoms with Gasteiger partial charge in [0.1, 0.15) is 11.6 Å². The van der Waals surface area contributed by atoms with Crippen LogP contribution in [-0.2, 0) is 52.8 Å². The van der Waals surface area contributed by atoms with Gasteiger partial charge in [0.25, 0.3) is 0 Å². The maximum atomic E-state index is 5.19. The molecule has 5 rings (SSSR count). The summed E-state index contributed by atoms with van der Waals surface area (Å²) in [7, 11) is 4.15. The molecule has 0 aliphatic carbocycles. The fraction of sp³-hybridized carbons (Fsp3) is 0.500. The van der Waals surface area contributed by atoms with E-state index in [9.17, 15) is 0 Å². The molecule has 0 N–H and O–H groups in total. The summed E-state index contributed by atoms with van der Waals surface area (Å²) in [4.78, 5) is 20.7. The van der Waals surface area contributed by atoms with Crippen LogP contribution in [-0.4, -0.2) is 19.1 Å². The van der Waals surface area contributed by atoms with Gasteiger partial charge in [-0.1, -0.05) is 65.8 Å². The Hall–Kier alpha value is -2.50. The van der Waals surface area contributed by atoms with E-state index in [1.54, 1.807) is 0 Å². The van der Waals surface area contributed by atoms with Crippen LogP contribution in [0.1, 0.15) is 101 Å². The molecular weight excluding hydrogens is 484 g/mol. The third-order valence-corrected chi connectivity index (χ3v) is 7.99. The van der Waals surface area contributed by atoms with Crippen molar-refractivity contribution in [3.8, 4) is 0 Å². The zero-order valence-electron chi connectivity index (χ0n) is 22.4. The van der Waals surface area contributed by atoms with Crippen LogP contribution in [0.5, 0.6) is 0 Å². The molecule has 0 atom stereocenters. The summed E-state index contributed by atoms with van der Waals surface area (Å²) in [5.41, 5.74) is 4.74. The second-order valence-corrected chi connectivity index (χ2v) is 12.1. The Balaban J connectivity index is 0.00000289. The average Bonchev–Trinajstić information content (AvgIpc) is 3.51. The summed E-state index contributed by atoms with van der Waals surface area (Å²) in [5, 5.41) is 0. The number of hydrogen-bond donors (Lipinski definition) is 0. The van der Waals surface area contributed by atoms with E-state index in [0.717, 1.165) is 45.8 Å². The van der Waals surface area contributed by atoms with Gasteiger partial charge in [0, 0.05) is 37.3 Å². The molecule has 1 aliphatic heterocycles. The Morgan fingerprint density at radius 2 is 0.857 bits per heavy atom. The SMILES string of the molecule is Cn1cc2nc1C(C)(C)c1ccc([n-]1)C(C)(C)c1ccc([n-]1)C(C)(C)c1nc(cn1C)C2(C)C.[Cu+2]. The second kappa shape index (κ2) is 7.75. The molecule has 4 aromatic heterocycles. The number of aryl methyl sites for hydroxylation is 2. The Bertz CT molecular complexity index is 1290. The quantitative estimate of drug-likeness (QED) is 0.316. The number of fused-ring (bicyclic) bond motifs is 8. The van der Waals surface area contributed by atoms with Crippen LogP contribution in [0.25, 0.3) is 0 Å². The van der Waals surface area contributed by atoms with Crippen molar-refractivity contribution >= 4 is 0 Å². The number of hydrogen-bond acceptors (Lipinski definition) is 2. The Labute approximate surface area is 219 Å². The Kier molecular flexibility index (Phi) is 5.66. The minimum atomic E-state index is -0.355. The molecule has 0 unspecified atom stereocenters. The molecule has 8 bridgehead atoms. The number of aromatic nitrogens is 6. The van der Waals surface area contributed by atoms with E-state index in [1.807, 2.05) is 0 Å². The van der Waals surface area contributed by atoms with Crippen LogP contribution in [0, 0.1) is 0 Å². The van der Waals surface area contributed by atoms with Crippen molar-refractivity contribution < 1.29 is 17.1 Å². The number of imidazole rings is 2. The summed E-state index contributed by atoms with van der Waals surface area (Å²) >= 11 is 0. The molecule has 1 radical (unpaired) electrons. The van der Waals surface area contributed by atoms with Crippen molar-refractivity contribution in [3.05, 3.63) is 82.5 Å². The molecular formula is C28H36CuN6. The minimum absolute atomic E-state index is 0. The Morgan fingerprint density at radius 3 is 1.20 bits per heavy atom. The van der Waals surface area contributed by atoms with E-state index in [2.05, 4.69) is 115 Å². The van der Waals surface area contributed by atoms with Crippen LogP contribution in [0.3, 0.4) is 0 Å². The van der Waals surface area contributed by atoms with E-state index in [4.69, 9.17) is 19.9 Å². The summed E-state index contributed by atoms with van der Waals surface area (Å²) in [6.07, 6.45) is 4.29. The van der Waals surface area contributed by atoms with Crippen molar-refractivity contribution in [1.82, 2.24) is 29.1 Å². The van der Waals surface area contributed by atoms with Gasteiger partial charge in [0.05, 0.1) is 16.8 Å². The standard InChI is InChI=1S/C28H36N6.Cu/c1-25(2)17-11-13-19(29-17)27(5,6)23-31-21(15-33(23)9)26(3,4)22-16-34(10)24(32-22)28(7,8)20-14-12-18(25)30-20;/h11-16H,1-10H3;/q-2;+2. The predicted octanol–water partition coefficient (Wildman–Crippen LogP) is 4.68. The molecule has 4 aromatic rings. The van der Waals surface area contributed by atoms with E-state index in [0.29, 0.717) is 0 Å². The molecule has 6 nitrogen and oxygen atoms in total. The van der Waals surface area contributed by atoms with Crippen LogP contribution in [0.15, 0.2) is 36.7 Å². The maximum absolute atomic E-state index is 5.19. The first-order valence-electron chi connectivity index (χ1n) is 12.0. The van der Waals surface area contributed by atoms with Crippen LogP contribution < -0.4 is 9.97 Å². The number of nitrogens with zero attached hydrogens (tertiary/aromatic N) is 6. The van der Waals surface area contributed by atoms with Crippen molar-refractivity contribution in [2.75, 3.05) is 0 Å². The molecule has 5 heterocycles. The molecule has 0 spiro atoms. The molecule has 0 fully saturated rings. The minimum Gasteiger partial charge on any atom is -0.663 e. The topological polar surface area (TPSA) is 63.8 Å². The van der Waals surface area contributed by atoms with Crippen molar-refractivity contribution in [1.29, 1.82) is 0 Å². The van der Waals surface area contributed by atoms with Crippen LogP contribution >= 0.6 is 0 Å². The maximum Gasteiger partial charge on any atom is 2.00 e. The van der Waals surface area contributed by atoms with Gasteiger partial charge in [-0.05, 0) is 19.3 Å². The third-order valence-electron chi connectivity index (χ3n) is 7.99. The van der Waals surface area contributed by atoms with E-state index in [-0.39, 0.29) is 38.7 Å². The zero-order valence-corrected chi connectivity index (χ0v) is 23.4. The molecule has 189 valence electrons. The van der Waals surface area contributed by atoms with Gasteiger partial charge in [0.2, 0.25) is 0 Å². The number of rotatable bonds is 0. The van der Waals surface area contributed by atoms with Gasteiger partial charge < -0.3 is 19.1 Å². The largest absolute Gasteiger partial charge is 2.00 e. The van der Waals surface area contributed by atoms with E-state index < -0.39 is 0 Å². The summed E-state index contributed by atoms with van der Waals surface area (Å²) in [6.45, 7) is 17.6. The van der Waals surface area contributed by atoms with Gasteiger partial charge >= 0.3 is 17.1 Å². The average molecular weight is 520 g/mol. The van der Waals surface area contributed by atoms with Gasteiger partial charge in [-0.25, -0.2) is 9.97 Å². The van der Waals surface area contributed by atoms with E-state index >= 15 is 0 Å². The first kappa shape index (κ1) is 25.6. The fourth-order valence-corrected chi connectivity index (χ4v) is 5.30. The summed E-state index contributed by atoms with van der Waals surface area (Å²) in [5.74, 6) is 1.99. The molecule has 7 heteroatoms. The van der Waals surface area contributed by atoms with Gasteiger partial charge in [-0.15, -0.1) is 11.4 Å². The van der Waals surface area contributed by atoms with Crippen molar-refractivity contribution in [2.24, 2.45) is 14.1 Å². The van der Waals surface area contributed by atoms with Crippen LogP contribution in [0.2, 0.25) is 0 Å². The second-order valence-electron chi connectivity index (χ2n) is 12.1. The molecule has 0 saturated heterocycles. The van der Waals surface area contributed by atoms with Crippen molar-refractivity contribution in [2.45, 2.75) is 77.0 Å². The first-order chi connectivity index (χ1) is 15.7. The van der Waals surface area contributed by atoms with Crippen molar-refractivity contribution in [3.63, 3.8) is 0 Å². The molecule has 0 amide bonds. The summed E-state index contributed by atoms with van der Waals surface area (Å²) < 4.78 is 4.29. The smallest absolute Gasteiger partial charge is 0.663 e.